The van der Waals surface area contributed by atoms with Crippen LogP contribution in [0.4, 0.5) is 10.8 Å². The van der Waals surface area contributed by atoms with Crippen molar-refractivity contribution in [2.75, 3.05) is 30.0 Å². The van der Waals surface area contributed by atoms with Gasteiger partial charge in [-0.25, -0.2) is 14.6 Å². The summed E-state index contributed by atoms with van der Waals surface area (Å²) in [6.07, 6.45) is 0.0728. The zero-order chi connectivity index (χ0) is 24.2. The largest absolute Gasteiger partial charge is 0.462 e. The number of hydrogen-bond acceptors (Lipinski definition) is 8. The molecule has 1 unspecified atom stereocenters. The second-order valence-corrected chi connectivity index (χ2v) is 8.61. The van der Waals surface area contributed by atoms with Gasteiger partial charge < -0.3 is 19.7 Å². The fraction of sp³-hybridized carbons (Fsp3) is 0.292. The molecule has 1 fully saturated rings. The maximum atomic E-state index is 12.8. The van der Waals surface area contributed by atoms with E-state index in [-0.39, 0.29) is 38.0 Å². The Hall–Kier alpha value is -3.79. The van der Waals surface area contributed by atoms with Crippen molar-refractivity contribution in [3.8, 4) is 0 Å². The first kappa shape index (κ1) is 23.4. The summed E-state index contributed by atoms with van der Waals surface area (Å²) in [7, 11) is 0. The number of carbonyl (C=O) groups excluding carboxylic acids is 4. The van der Waals surface area contributed by atoms with Crippen molar-refractivity contribution >= 4 is 56.1 Å². The number of ether oxygens (including phenoxy) is 2. The Bertz CT molecular complexity index is 1250. The second kappa shape index (κ2) is 10.0. The van der Waals surface area contributed by atoms with E-state index in [1.54, 1.807) is 56.3 Å². The summed E-state index contributed by atoms with van der Waals surface area (Å²) < 4.78 is 10.7. The number of thiazole rings is 1. The second-order valence-electron chi connectivity index (χ2n) is 7.58. The lowest BCUT2D eigenvalue weighted by Crippen LogP contribution is -2.28. The van der Waals surface area contributed by atoms with Crippen molar-refractivity contribution in [3.05, 3.63) is 53.6 Å². The summed E-state index contributed by atoms with van der Waals surface area (Å²) in [5.41, 5.74) is 2.08. The Morgan fingerprint density at radius 3 is 2.35 bits per heavy atom. The Kier molecular flexibility index (Phi) is 6.87. The Morgan fingerprint density at radius 1 is 1.03 bits per heavy atom. The fourth-order valence-electron chi connectivity index (χ4n) is 3.65. The molecule has 9 nitrogen and oxygen atoms in total. The number of esters is 2. The van der Waals surface area contributed by atoms with Crippen molar-refractivity contribution in [2.45, 2.75) is 20.3 Å². The number of fused-ring (bicyclic) bond motifs is 1. The minimum atomic E-state index is -0.542. The number of carbonyl (C=O) groups is 4. The Balaban J connectivity index is 1.42. The van der Waals surface area contributed by atoms with Crippen molar-refractivity contribution in [1.29, 1.82) is 0 Å². The number of amides is 2. The van der Waals surface area contributed by atoms with E-state index in [1.165, 1.54) is 16.2 Å². The highest BCUT2D eigenvalue weighted by molar-refractivity contribution is 7.22. The van der Waals surface area contributed by atoms with E-state index < -0.39 is 17.9 Å². The molecule has 0 radical (unpaired) electrons. The molecule has 0 bridgehead atoms. The van der Waals surface area contributed by atoms with E-state index in [0.29, 0.717) is 27.5 Å². The van der Waals surface area contributed by atoms with Crippen LogP contribution in [-0.4, -0.2) is 48.5 Å². The summed E-state index contributed by atoms with van der Waals surface area (Å²) in [5, 5.41) is 3.18. The van der Waals surface area contributed by atoms with Gasteiger partial charge in [0.05, 0.1) is 40.5 Å². The zero-order valence-corrected chi connectivity index (χ0v) is 19.5. The summed E-state index contributed by atoms with van der Waals surface area (Å²) in [5.74, 6) is -1.86. The Morgan fingerprint density at radius 2 is 1.68 bits per heavy atom. The zero-order valence-electron chi connectivity index (χ0n) is 18.7. The van der Waals surface area contributed by atoms with E-state index in [2.05, 4.69) is 10.3 Å². The molecular weight excluding hydrogens is 458 g/mol. The van der Waals surface area contributed by atoms with Gasteiger partial charge in [-0.3, -0.25) is 9.59 Å². The average molecular weight is 482 g/mol. The number of nitrogens with one attached hydrogen (secondary N) is 1. The quantitative estimate of drug-likeness (QED) is 0.512. The Labute approximate surface area is 199 Å². The van der Waals surface area contributed by atoms with Crippen LogP contribution in [0.2, 0.25) is 0 Å². The smallest absolute Gasteiger partial charge is 0.338 e. The normalized spacial score (nSPS) is 15.4. The molecule has 1 aromatic heterocycles. The molecule has 2 aromatic carbocycles. The number of aromatic nitrogens is 1. The lowest BCUT2D eigenvalue weighted by Gasteiger charge is -2.17. The maximum absolute atomic E-state index is 12.8. The molecule has 0 aliphatic carbocycles. The molecule has 1 atom stereocenters. The van der Waals surface area contributed by atoms with Crippen LogP contribution in [0.15, 0.2) is 42.5 Å². The van der Waals surface area contributed by atoms with Gasteiger partial charge in [0.25, 0.3) is 0 Å². The van der Waals surface area contributed by atoms with Crippen molar-refractivity contribution in [3.63, 3.8) is 0 Å². The fourth-order valence-corrected chi connectivity index (χ4v) is 4.56. The minimum absolute atomic E-state index is 0.0728. The first-order valence-electron chi connectivity index (χ1n) is 10.9. The van der Waals surface area contributed by atoms with E-state index in [4.69, 9.17) is 9.47 Å². The first-order valence-corrected chi connectivity index (χ1v) is 11.7. The highest BCUT2D eigenvalue weighted by Crippen LogP contribution is 2.30. The van der Waals surface area contributed by atoms with Crippen LogP contribution in [0, 0.1) is 5.92 Å². The molecule has 0 spiro atoms. The van der Waals surface area contributed by atoms with Gasteiger partial charge >= 0.3 is 11.9 Å². The molecule has 4 rings (SSSR count). The summed E-state index contributed by atoms with van der Waals surface area (Å²) >= 11 is 1.25. The van der Waals surface area contributed by atoms with Gasteiger partial charge in [0.1, 0.15) is 0 Å². The number of rotatable bonds is 7. The van der Waals surface area contributed by atoms with Crippen LogP contribution >= 0.6 is 11.3 Å². The SMILES string of the molecule is CCOC(=O)c1ccc(N2CC(C(=O)Nc3nc4ccc(C(=O)OCC)cc4s3)CC2=O)cc1. The van der Waals surface area contributed by atoms with Crippen molar-refractivity contribution in [2.24, 2.45) is 5.92 Å². The molecule has 1 aliphatic heterocycles. The van der Waals surface area contributed by atoms with Crippen LogP contribution in [0.3, 0.4) is 0 Å². The molecule has 0 saturated carbocycles. The van der Waals surface area contributed by atoms with Crippen LogP contribution in [-0.2, 0) is 19.1 Å². The standard InChI is InChI=1S/C24H23N3O6S/c1-3-32-22(30)14-5-8-17(9-6-14)27-13-16(12-20(27)28)21(29)26-24-25-18-10-7-15(11-19(18)34-24)23(31)33-4-2/h5-11,16H,3-4,12-13H2,1-2H3,(H,25,26,29). The molecule has 2 heterocycles. The lowest BCUT2D eigenvalue weighted by atomic mass is 10.1. The number of hydrogen-bond donors (Lipinski definition) is 1. The molecule has 3 aromatic rings. The third-order valence-corrected chi connectivity index (χ3v) is 6.25. The van der Waals surface area contributed by atoms with Crippen LogP contribution in [0.5, 0.6) is 0 Å². The number of anilines is 2. The maximum Gasteiger partial charge on any atom is 0.338 e. The van der Waals surface area contributed by atoms with Gasteiger partial charge in [-0.05, 0) is 56.3 Å². The third-order valence-electron chi connectivity index (χ3n) is 5.32. The highest BCUT2D eigenvalue weighted by atomic mass is 32.1. The van der Waals surface area contributed by atoms with Crippen molar-refractivity contribution in [1.82, 2.24) is 4.98 Å². The molecule has 1 N–H and O–H groups in total. The lowest BCUT2D eigenvalue weighted by molar-refractivity contribution is -0.122. The monoisotopic (exact) mass is 481 g/mol. The van der Waals surface area contributed by atoms with Gasteiger partial charge in [-0.15, -0.1) is 0 Å². The molecule has 2 amide bonds. The van der Waals surface area contributed by atoms with Crippen LogP contribution < -0.4 is 10.2 Å². The van der Waals surface area contributed by atoms with Gasteiger partial charge in [0.2, 0.25) is 11.8 Å². The topological polar surface area (TPSA) is 115 Å². The molecule has 176 valence electrons. The van der Waals surface area contributed by atoms with Crippen LogP contribution in [0.25, 0.3) is 10.2 Å². The molecule has 1 saturated heterocycles. The molecular formula is C24H23N3O6S. The molecule has 34 heavy (non-hydrogen) atoms. The number of nitrogens with zero attached hydrogens (tertiary/aromatic N) is 2. The summed E-state index contributed by atoms with van der Waals surface area (Å²) in [6, 6.07) is 11.5. The summed E-state index contributed by atoms with van der Waals surface area (Å²) in [4.78, 5) is 55.1. The van der Waals surface area contributed by atoms with Gasteiger partial charge in [0, 0.05) is 18.7 Å². The molecule has 1 aliphatic rings. The predicted octanol–water partition coefficient (Wildman–Crippen LogP) is 3.64. The first-order chi connectivity index (χ1) is 16.4. The van der Waals surface area contributed by atoms with E-state index in [1.807, 2.05) is 0 Å². The van der Waals surface area contributed by atoms with E-state index in [0.717, 1.165) is 4.70 Å². The summed E-state index contributed by atoms with van der Waals surface area (Å²) in [6.45, 7) is 4.26. The van der Waals surface area contributed by atoms with Crippen molar-refractivity contribution < 1.29 is 28.7 Å². The van der Waals surface area contributed by atoms with E-state index >= 15 is 0 Å². The minimum Gasteiger partial charge on any atom is -0.462 e. The third kappa shape index (κ3) is 4.91. The van der Waals surface area contributed by atoms with Gasteiger partial charge in [0.15, 0.2) is 5.13 Å². The van der Waals surface area contributed by atoms with Crippen LogP contribution in [0.1, 0.15) is 41.0 Å². The number of benzene rings is 2. The average Bonchev–Trinajstić information content (AvgIpc) is 3.41. The highest BCUT2D eigenvalue weighted by Gasteiger charge is 2.35. The van der Waals surface area contributed by atoms with Gasteiger partial charge in [-0.1, -0.05) is 11.3 Å². The van der Waals surface area contributed by atoms with E-state index in [9.17, 15) is 19.2 Å². The molecule has 10 heteroatoms. The predicted molar refractivity (Wildman–Crippen MR) is 127 cm³/mol. The van der Waals surface area contributed by atoms with Gasteiger partial charge in [-0.2, -0.15) is 0 Å².